The van der Waals surface area contributed by atoms with E-state index < -0.39 is 12.2 Å². The Labute approximate surface area is 144 Å². The number of rotatable bonds is 6. The number of hydrogen-bond acceptors (Lipinski definition) is 5. The van der Waals surface area contributed by atoms with Gasteiger partial charge < -0.3 is 26.0 Å². The van der Waals surface area contributed by atoms with Crippen LogP contribution in [0.4, 0.5) is 0 Å². The molecule has 5 heteroatoms. The van der Waals surface area contributed by atoms with E-state index in [1.807, 2.05) is 44.3 Å². The third kappa shape index (κ3) is 6.68. The molecule has 5 N–H and O–H groups in total. The highest BCUT2D eigenvalue weighted by Gasteiger charge is 2.13. The Hall–Kier alpha value is -1.92. The standard InChI is InChI=1S/C10H15NO.C9H13NO2/c1-8(11-2)10(12)9-6-4-3-5-7-9;1-10-6-9(12)7-3-2-4-8(11)5-7/h3-8,10-12H,1-2H3;2-5,9-12H,6H2,1H3/t8-,10-;9-/m00/s1. The van der Waals surface area contributed by atoms with Gasteiger partial charge in [0.1, 0.15) is 5.75 Å². The van der Waals surface area contributed by atoms with Crippen LogP contribution in [0, 0.1) is 0 Å². The Morgan fingerprint density at radius 1 is 0.917 bits per heavy atom. The molecule has 132 valence electrons. The van der Waals surface area contributed by atoms with E-state index in [9.17, 15) is 10.2 Å². The van der Waals surface area contributed by atoms with E-state index in [0.717, 1.165) is 11.1 Å². The number of phenols is 1. The lowest BCUT2D eigenvalue weighted by Crippen LogP contribution is -2.28. The van der Waals surface area contributed by atoms with Gasteiger partial charge in [0.2, 0.25) is 0 Å². The zero-order valence-electron chi connectivity index (χ0n) is 14.5. The third-order valence-electron chi connectivity index (χ3n) is 3.72. The first-order valence-electron chi connectivity index (χ1n) is 8.01. The van der Waals surface area contributed by atoms with Crippen LogP contribution in [-0.2, 0) is 0 Å². The lowest BCUT2D eigenvalue weighted by Gasteiger charge is -2.17. The van der Waals surface area contributed by atoms with Crippen molar-refractivity contribution in [2.75, 3.05) is 20.6 Å². The van der Waals surface area contributed by atoms with Crippen LogP contribution in [-0.4, -0.2) is 42.0 Å². The smallest absolute Gasteiger partial charge is 0.115 e. The maximum absolute atomic E-state index is 9.73. The second-order valence-electron chi connectivity index (χ2n) is 5.60. The van der Waals surface area contributed by atoms with Gasteiger partial charge in [-0.3, -0.25) is 0 Å². The molecule has 0 bridgehead atoms. The Bertz CT molecular complexity index is 578. The Balaban J connectivity index is 0.000000240. The molecule has 5 nitrogen and oxygen atoms in total. The highest BCUT2D eigenvalue weighted by molar-refractivity contribution is 5.28. The van der Waals surface area contributed by atoms with Crippen LogP contribution in [0.5, 0.6) is 5.75 Å². The first-order valence-corrected chi connectivity index (χ1v) is 8.01. The number of benzene rings is 2. The fourth-order valence-corrected chi connectivity index (χ4v) is 2.14. The fraction of sp³-hybridized carbons (Fsp3) is 0.368. The molecule has 24 heavy (non-hydrogen) atoms. The van der Waals surface area contributed by atoms with Crippen LogP contribution >= 0.6 is 0 Å². The van der Waals surface area contributed by atoms with E-state index in [4.69, 9.17) is 5.11 Å². The summed E-state index contributed by atoms with van der Waals surface area (Å²) in [6, 6.07) is 16.4. The summed E-state index contributed by atoms with van der Waals surface area (Å²) in [5.74, 6) is 0.183. The van der Waals surface area contributed by atoms with E-state index in [0.29, 0.717) is 6.54 Å². The van der Waals surface area contributed by atoms with Crippen molar-refractivity contribution in [1.29, 1.82) is 0 Å². The molecule has 0 unspecified atom stereocenters. The summed E-state index contributed by atoms with van der Waals surface area (Å²) in [5, 5.41) is 34.2. The van der Waals surface area contributed by atoms with Crippen LogP contribution in [0.2, 0.25) is 0 Å². The summed E-state index contributed by atoms with van der Waals surface area (Å²) < 4.78 is 0. The van der Waals surface area contributed by atoms with Crippen LogP contribution in [0.15, 0.2) is 54.6 Å². The lowest BCUT2D eigenvalue weighted by molar-refractivity contribution is 0.140. The molecule has 0 spiro atoms. The average molecular weight is 332 g/mol. The predicted molar refractivity (Wildman–Crippen MR) is 96.9 cm³/mol. The van der Waals surface area contributed by atoms with E-state index in [1.165, 1.54) is 0 Å². The number of likely N-dealkylation sites (N-methyl/N-ethyl adjacent to an activating group) is 2. The van der Waals surface area contributed by atoms with Crippen molar-refractivity contribution in [1.82, 2.24) is 10.6 Å². The molecule has 3 atom stereocenters. The van der Waals surface area contributed by atoms with Gasteiger partial charge in [-0.1, -0.05) is 42.5 Å². The largest absolute Gasteiger partial charge is 0.508 e. The van der Waals surface area contributed by atoms with Crippen molar-refractivity contribution in [3.63, 3.8) is 0 Å². The number of phenolic OH excluding ortho intramolecular Hbond substituents is 1. The summed E-state index contributed by atoms with van der Waals surface area (Å²) in [6.07, 6.45) is -0.974. The molecule has 0 saturated heterocycles. The molecule has 0 heterocycles. The second kappa shape index (κ2) is 10.8. The Kier molecular flexibility index (Phi) is 9.04. The summed E-state index contributed by atoms with van der Waals surface area (Å²) in [7, 11) is 3.61. The number of nitrogens with one attached hydrogen (secondary N) is 2. The van der Waals surface area contributed by atoms with Crippen LogP contribution in [0.3, 0.4) is 0 Å². The first-order chi connectivity index (χ1) is 11.5. The Morgan fingerprint density at radius 2 is 1.54 bits per heavy atom. The van der Waals surface area contributed by atoms with E-state index in [2.05, 4.69) is 10.6 Å². The maximum Gasteiger partial charge on any atom is 0.115 e. The molecule has 0 radical (unpaired) electrons. The topological polar surface area (TPSA) is 84.8 Å². The van der Waals surface area contributed by atoms with Gasteiger partial charge in [0.25, 0.3) is 0 Å². The van der Waals surface area contributed by atoms with Crippen LogP contribution in [0.1, 0.15) is 30.3 Å². The van der Waals surface area contributed by atoms with Crippen molar-refractivity contribution in [3.8, 4) is 5.75 Å². The minimum Gasteiger partial charge on any atom is -0.508 e. The highest BCUT2D eigenvalue weighted by atomic mass is 16.3. The van der Waals surface area contributed by atoms with Gasteiger partial charge in [0.15, 0.2) is 0 Å². The number of hydrogen-bond donors (Lipinski definition) is 5. The van der Waals surface area contributed by atoms with E-state index in [1.54, 1.807) is 31.3 Å². The van der Waals surface area contributed by atoms with Gasteiger partial charge in [-0.25, -0.2) is 0 Å². The van der Waals surface area contributed by atoms with Gasteiger partial charge >= 0.3 is 0 Å². The molecule has 0 amide bonds. The summed E-state index contributed by atoms with van der Waals surface area (Å²) in [4.78, 5) is 0. The van der Waals surface area contributed by atoms with Gasteiger partial charge in [0, 0.05) is 12.6 Å². The summed E-state index contributed by atoms with van der Waals surface area (Å²) in [6.45, 7) is 2.45. The molecular weight excluding hydrogens is 304 g/mol. The second-order valence-corrected chi connectivity index (χ2v) is 5.60. The molecule has 0 aromatic heterocycles. The van der Waals surface area contributed by atoms with Crippen molar-refractivity contribution in [2.45, 2.75) is 25.2 Å². The molecule has 0 aliphatic heterocycles. The zero-order chi connectivity index (χ0) is 17.9. The zero-order valence-corrected chi connectivity index (χ0v) is 14.5. The van der Waals surface area contributed by atoms with Crippen molar-refractivity contribution >= 4 is 0 Å². The molecule has 0 saturated carbocycles. The van der Waals surface area contributed by atoms with Crippen molar-refractivity contribution in [3.05, 3.63) is 65.7 Å². The monoisotopic (exact) mass is 332 g/mol. The van der Waals surface area contributed by atoms with Crippen LogP contribution in [0.25, 0.3) is 0 Å². The van der Waals surface area contributed by atoms with Crippen molar-refractivity contribution in [2.24, 2.45) is 0 Å². The molecule has 2 aromatic rings. The van der Waals surface area contributed by atoms with Gasteiger partial charge in [0.05, 0.1) is 12.2 Å². The molecule has 0 aliphatic carbocycles. The number of aliphatic hydroxyl groups excluding tert-OH is 2. The fourth-order valence-electron chi connectivity index (χ4n) is 2.14. The molecule has 0 aliphatic rings. The minimum absolute atomic E-state index is 0.0902. The average Bonchev–Trinajstić information content (AvgIpc) is 2.62. The quantitative estimate of drug-likeness (QED) is 0.558. The van der Waals surface area contributed by atoms with E-state index in [-0.39, 0.29) is 11.8 Å². The minimum atomic E-state index is -0.554. The molecule has 0 fully saturated rings. The number of aromatic hydroxyl groups is 1. The summed E-state index contributed by atoms with van der Waals surface area (Å²) >= 11 is 0. The lowest BCUT2D eigenvalue weighted by atomic mass is 10.0. The summed E-state index contributed by atoms with van der Waals surface area (Å²) in [5.41, 5.74) is 1.68. The third-order valence-corrected chi connectivity index (χ3v) is 3.72. The Morgan fingerprint density at radius 3 is 2.08 bits per heavy atom. The van der Waals surface area contributed by atoms with Gasteiger partial charge in [-0.15, -0.1) is 0 Å². The number of aliphatic hydroxyl groups is 2. The first kappa shape index (κ1) is 20.1. The normalized spacial score (nSPS) is 14.2. The highest BCUT2D eigenvalue weighted by Crippen LogP contribution is 2.17. The van der Waals surface area contributed by atoms with Crippen LogP contribution < -0.4 is 10.6 Å². The molecule has 2 aromatic carbocycles. The molecular formula is C19H28N2O3. The van der Waals surface area contributed by atoms with Crippen molar-refractivity contribution < 1.29 is 15.3 Å². The van der Waals surface area contributed by atoms with E-state index >= 15 is 0 Å². The SMILES string of the molecule is CNC[C@H](O)c1cccc(O)c1.CN[C@@H](C)[C@H](O)c1ccccc1. The molecule has 2 rings (SSSR count). The predicted octanol–water partition coefficient (Wildman–Crippen LogP) is 1.97. The van der Waals surface area contributed by atoms with Gasteiger partial charge in [-0.2, -0.15) is 0 Å². The van der Waals surface area contributed by atoms with Gasteiger partial charge in [-0.05, 0) is 44.3 Å². The maximum atomic E-state index is 9.73.